The molecule has 2 aromatic rings. The van der Waals surface area contributed by atoms with Crippen molar-refractivity contribution >= 4 is 18.3 Å². The number of benzene rings is 2. The lowest BCUT2D eigenvalue weighted by Gasteiger charge is -2.13. The van der Waals surface area contributed by atoms with Gasteiger partial charge < -0.3 is 21.3 Å². The van der Waals surface area contributed by atoms with Crippen LogP contribution in [0.15, 0.2) is 48.5 Å². The molecule has 0 fully saturated rings. The first kappa shape index (κ1) is 18.8. The average molecular weight is 337 g/mol. The van der Waals surface area contributed by atoms with E-state index in [1.165, 1.54) is 12.1 Å². The predicted octanol–water partition coefficient (Wildman–Crippen LogP) is 1.75. The van der Waals surface area contributed by atoms with Gasteiger partial charge in [-0.05, 0) is 36.1 Å². The number of rotatable bonds is 6. The molecule has 0 unspecified atom stereocenters. The number of hydrogen-bond donors (Lipinski definition) is 4. The minimum Gasteiger partial charge on any atom is -0.504 e. The number of carbonyl (C=O) groups excluding carboxylic acids is 1. The summed E-state index contributed by atoms with van der Waals surface area (Å²) in [5.41, 5.74) is 7.71. The average Bonchev–Trinajstić information content (AvgIpc) is 2.52. The highest BCUT2D eigenvalue weighted by Gasteiger charge is 2.14. The van der Waals surface area contributed by atoms with Gasteiger partial charge in [-0.2, -0.15) is 0 Å². The van der Waals surface area contributed by atoms with Crippen LogP contribution in [0.1, 0.15) is 11.1 Å². The highest BCUT2D eigenvalue weighted by molar-refractivity contribution is 5.85. The summed E-state index contributed by atoms with van der Waals surface area (Å²) in [4.78, 5) is 11.9. The molecule has 0 aliphatic carbocycles. The van der Waals surface area contributed by atoms with E-state index >= 15 is 0 Å². The zero-order valence-corrected chi connectivity index (χ0v) is 13.4. The molecule has 23 heavy (non-hydrogen) atoms. The standard InChI is InChI=1S/C17H20N2O3.ClH/c18-14(10-13-6-7-15(20)16(21)11-13)17(22)19-9-8-12-4-2-1-3-5-12;/h1-7,11,14,20-21H,8-10,18H2,(H,19,22);1H/t14-;/m0./s1. The molecule has 0 bridgehead atoms. The van der Waals surface area contributed by atoms with E-state index in [1.54, 1.807) is 6.07 Å². The Kier molecular flexibility index (Phi) is 7.38. The van der Waals surface area contributed by atoms with Crippen LogP contribution in [0.5, 0.6) is 11.5 Å². The lowest BCUT2D eigenvalue weighted by atomic mass is 10.1. The van der Waals surface area contributed by atoms with E-state index in [-0.39, 0.29) is 29.8 Å². The first-order valence-electron chi connectivity index (χ1n) is 7.14. The van der Waals surface area contributed by atoms with E-state index < -0.39 is 6.04 Å². The van der Waals surface area contributed by atoms with Gasteiger partial charge in [0, 0.05) is 6.54 Å². The number of phenolic OH excluding ortho intramolecular Hbond substituents is 2. The molecule has 0 radical (unpaired) electrons. The molecular weight excluding hydrogens is 316 g/mol. The molecule has 6 heteroatoms. The van der Waals surface area contributed by atoms with Crippen LogP contribution in [0.3, 0.4) is 0 Å². The van der Waals surface area contributed by atoms with Crippen LogP contribution in [0.25, 0.3) is 0 Å². The quantitative estimate of drug-likeness (QED) is 0.604. The van der Waals surface area contributed by atoms with Crippen LogP contribution in [-0.4, -0.2) is 28.7 Å². The Morgan fingerprint density at radius 1 is 1.04 bits per heavy atom. The highest BCUT2D eigenvalue weighted by atomic mass is 35.5. The van der Waals surface area contributed by atoms with Gasteiger partial charge in [0.05, 0.1) is 6.04 Å². The van der Waals surface area contributed by atoms with E-state index in [4.69, 9.17) is 5.73 Å². The maximum atomic E-state index is 11.9. The number of nitrogens with one attached hydrogen (secondary N) is 1. The van der Waals surface area contributed by atoms with Gasteiger partial charge in [-0.3, -0.25) is 4.79 Å². The molecule has 0 aromatic heterocycles. The van der Waals surface area contributed by atoms with Crippen LogP contribution in [0.4, 0.5) is 0 Å². The second-order valence-corrected chi connectivity index (χ2v) is 5.16. The Hall–Kier alpha value is -2.24. The van der Waals surface area contributed by atoms with Crippen molar-refractivity contribution in [3.8, 4) is 11.5 Å². The summed E-state index contributed by atoms with van der Waals surface area (Å²) in [7, 11) is 0. The Morgan fingerprint density at radius 3 is 2.39 bits per heavy atom. The molecule has 124 valence electrons. The maximum Gasteiger partial charge on any atom is 0.237 e. The minimum absolute atomic E-state index is 0. The van der Waals surface area contributed by atoms with Gasteiger partial charge in [0.15, 0.2) is 11.5 Å². The molecule has 2 rings (SSSR count). The normalized spacial score (nSPS) is 11.3. The molecule has 0 aliphatic heterocycles. The van der Waals surface area contributed by atoms with E-state index in [0.29, 0.717) is 18.5 Å². The summed E-state index contributed by atoms with van der Waals surface area (Å²) in [5, 5.41) is 21.5. The molecule has 2 aromatic carbocycles. The van der Waals surface area contributed by atoms with Crippen molar-refractivity contribution in [3.63, 3.8) is 0 Å². The van der Waals surface area contributed by atoms with Crippen LogP contribution in [-0.2, 0) is 17.6 Å². The molecule has 1 amide bonds. The van der Waals surface area contributed by atoms with Crippen molar-refractivity contribution in [1.82, 2.24) is 5.32 Å². The third-order valence-corrected chi connectivity index (χ3v) is 3.39. The molecule has 0 saturated heterocycles. The van der Waals surface area contributed by atoms with Gasteiger partial charge in [0.25, 0.3) is 0 Å². The van der Waals surface area contributed by atoms with Crippen LogP contribution in [0.2, 0.25) is 0 Å². The molecular formula is C17H21ClN2O3. The fraction of sp³-hybridized carbons (Fsp3) is 0.235. The molecule has 1 atom stereocenters. The first-order chi connectivity index (χ1) is 10.6. The van der Waals surface area contributed by atoms with Gasteiger partial charge in [-0.15, -0.1) is 12.4 Å². The summed E-state index contributed by atoms with van der Waals surface area (Å²) in [6.07, 6.45) is 1.05. The zero-order valence-electron chi connectivity index (χ0n) is 12.6. The molecule has 5 N–H and O–H groups in total. The van der Waals surface area contributed by atoms with Gasteiger partial charge in [0.2, 0.25) is 5.91 Å². The lowest BCUT2D eigenvalue weighted by Crippen LogP contribution is -2.42. The van der Waals surface area contributed by atoms with Gasteiger partial charge in [-0.25, -0.2) is 0 Å². The van der Waals surface area contributed by atoms with Crippen LogP contribution in [0, 0.1) is 0 Å². The van der Waals surface area contributed by atoms with Crippen molar-refractivity contribution in [2.24, 2.45) is 5.73 Å². The lowest BCUT2D eigenvalue weighted by molar-refractivity contribution is -0.122. The summed E-state index contributed by atoms with van der Waals surface area (Å²) >= 11 is 0. The van der Waals surface area contributed by atoms with Crippen molar-refractivity contribution in [1.29, 1.82) is 0 Å². The molecule has 5 nitrogen and oxygen atoms in total. The van der Waals surface area contributed by atoms with Crippen molar-refractivity contribution in [3.05, 3.63) is 59.7 Å². The monoisotopic (exact) mass is 336 g/mol. The third kappa shape index (κ3) is 5.81. The Balaban J connectivity index is 0.00000264. The fourth-order valence-electron chi connectivity index (χ4n) is 2.15. The van der Waals surface area contributed by atoms with Crippen molar-refractivity contribution < 1.29 is 15.0 Å². The Labute approximate surface area is 141 Å². The Morgan fingerprint density at radius 2 is 1.74 bits per heavy atom. The highest BCUT2D eigenvalue weighted by Crippen LogP contribution is 2.25. The number of hydrogen-bond acceptors (Lipinski definition) is 4. The maximum absolute atomic E-state index is 11.9. The summed E-state index contributed by atoms with van der Waals surface area (Å²) in [6, 6.07) is 13.6. The Bertz CT molecular complexity index is 635. The van der Waals surface area contributed by atoms with Gasteiger partial charge in [0.1, 0.15) is 0 Å². The number of carbonyl (C=O) groups is 1. The second kappa shape index (κ2) is 9.02. The first-order valence-corrected chi connectivity index (χ1v) is 7.14. The summed E-state index contributed by atoms with van der Waals surface area (Å²) < 4.78 is 0. The zero-order chi connectivity index (χ0) is 15.9. The largest absolute Gasteiger partial charge is 0.504 e. The smallest absolute Gasteiger partial charge is 0.237 e. The van der Waals surface area contributed by atoms with Gasteiger partial charge >= 0.3 is 0 Å². The SMILES string of the molecule is Cl.N[C@@H](Cc1ccc(O)c(O)c1)C(=O)NCCc1ccccc1. The molecule has 0 heterocycles. The van der Waals surface area contributed by atoms with Crippen molar-refractivity contribution in [2.45, 2.75) is 18.9 Å². The third-order valence-electron chi connectivity index (χ3n) is 3.39. The van der Waals surface area contributed by atoms with Crippen LogP contribution < -0.4 is 11.1 Å². The summed E-state index contributed by atoms with van der Waals surface area (Å²) in [5.74, 6) is -0.637. The minimum atomic E-state index is -0.695. The molecule has 0 spiro atoms. The van der Waals surface area contributed by atoms with E-state index in [9.17, 15) is 15.0 Å². The number of halogens is 1. The number of amides is 1. The van der Waals surface area contributed by atoms with E-state index in [0.717, 1.165) is 12.0 Å². The van der Waals surface area contributed by atoms with Gasteiger partial charge in [-0.1, -0.05) is 36.4 Å². The van der Waals surface area contributed by atoms with Crippen molar-refractivity contribution in [2.75, 3.05) is 6.54 Å². The van der Waals surface area contributed by atoms with E-state index in [1.807, 2.05) is 30.3 Å². The summed E-state index contributed by atoms with van der Waals surface area (Å²) in [6.45, 7) is 0.525. The fourth-order valence-corrected chi connectivity index (χ4v) is 2.15. The predicted molar refractivity (Wildman–Crippen MR) is 91.9 cm³/mol. The van der Waals surface area contributed by atoms with E-state index in [2.05, 4.69) is 5.32 Å². The number of phenols is 2. The topological polar surface area (TPSA) is 95.6 Å². The van der Waals surface area contributed by atoms with Crippen LogP contribution >= 0.6 is 12.4 Å². The second-order valence-electron chi connectivity index (χ2n) is 5.16. The molecule has 0 saturated carbocycles. The number of nitrogens with two attached hydrogens (primary N) is 1. The molecule has 0 aliphatic rings. The number of aromatic hydroxyl groups is 2.